The molecule has 0 saturated heterocycles. The van der Waals surface area contributed by atoms with Crippen LogP contribution in [0.4, 0.5) is 5.82 Å². The van der Waals surface area contributed by atoms with Gasteiger partial charge in [-0.25, -0.2) is 4.98 Å². The van der Waals surface area contributed by atoms with Gasteiger partial charge in [-0.05, 0) is 31.4 Å². The molecule has 20 heavy (non-hydrogen) atoms. The SMILES string of the molecule is Nc1cc(C(=O)NCCCC(=O)NC2CC2)cc(Cl)n1. The maximum Gasteiger partial charge on any atom is 0.251 e. The van der Waals surface area contributed by atoms with E-state index >= 15 is 0 Å². The molecule has 2 rings (SSSR count). The van der Waals surface area contributed by atoms with Crippen LogP contribution in [0.3, 0.4) is 0 Å². The second-order valence-corrected chi connectivity index (χ2v) is 5.19. The molecule has 0 radical (unpaired) electrons. The molecule has 1 heterocycles. The molecule has 0 atom stereocenters. The van der Waals surface area contributed by atoms with Crippen LogP contribution in [-0.4, -0.2) is 29.4 Å². The fraction of sp³-hybridized carbons (Fsp3) is 0.462. The maximum absolute atomic E-state index is 11.8. The van der Waals surface area contributed by atoms with Gasteiger partial charge in [0.2, 0.25) is 5.91 Å². The van der Waals surface area contributed by atoms with Crippen LogP contribution in [-0.2, 0) is 4.79 Å². The van der Waals surface area contributed by atoms with Crippen LogP contribution in [0, 0.1) is 0 Å². The molecule has 1 fully saturated rings. The Labute approximate surface area is 122 Å². The summed E-state index contributed by atoms with van der Waals surface area (Å²) in [7, 11) is 0. The fourth-order valence-corrected chi connectivity index (χ4v) is 1.94. The summed E-state index contributed by atoms with van der Waals surface area (Å²) in [6, 6.07) is 3.28. The van der Waals surface area contributed by atoms with Crippen molar-refractivity contribution in [3.8, 4) is 0 Å². The zero-order valence-corrected chi connectivity index (χ0v) is 11.7. The van der Waals surface area contributed by atoms with E-state index < -0.39 is 0 Å². The lowest BCUT2D eigenvalue weighted by molar-refractivity contribution is -0.121. The summed E-state index contributed by atoms with van der Waals surface area (Å²) in [5.74, 6) is -0.0342. The van der Waals surface area contributed by atoms with Crippen molar-refractivity contribution in [3.63, 3.8) is 0 Å². The van der Waals surface area contributed by atoms with Crippen molar-refractivity contribution in [2.24, 2.45) is 0 Å². The van der Waals surface area contributed by atoms with E-state index in [1.165, 1.54) is 12.1 Å². The highest BCUT2D eigenvalue weighted by Gasteiger charge is 2.22. The molecular weight excluding hydrogens is 280 g/mol. The highest BCUT2D eigenvalue weighted by atomic mass is 35.5. The number of hydrogen-bond acceptors (Lipinski definition) is 4. The molecule has 1 aliphatic carbocycles. The lowest BCUT2D eigenvalue weighted by Crippen LogP contribution is -2.28. The third-order valence-electron chi connectivity index (χ3n) is 2.88. The third kappa shape index (κ3) is 4.70. The number of carbonyl (C=O) groups excluding carboxylic acids is 2. The Bertz CT molecular complexity index is 497. The van der Waals surface area contributed by atoms with E-state index in [0.717, 1.165) is 12.8 Å². The van der Waals surface area contributed by atoms with Gasteiger partial charge in [0.15, 0.2) is 0 Å². The van der Waals surface area contributed by atoms with Gasteiger partial charge in [0, 0.05) is 24.6 Å². The standard InChI is InChI=1S/C13H17ClN4O2/c14-10-6-8(7-11(15)18-10)13(20)16-5-1-2-12(19)17-9-3-4-9/h6-7,9H,1-5H2,(H2,15,18)(H,16,20)(H,17,19). The molecule has 108 valence electrons. The Morgan fingerprint density at radius 3 is 2.80 bits per heavy atom. The first-order valence-corrected chi connectivity index (χ1v) is 6.93. The normalized spacial score (nSPS) is 13.8. The minimum absolute atomic E-state index is 0.0398. The fourth-order valence-electron chi connectivity index (χ4n) is 1.73. The number of nitrogen functional groups attached to an aromatic ring is 1. The van der Waals surface area contributed by atoms with Gasteiger partial charge in [-0.3, -0.25) is 9.59 Å². The van der Waals surface area contributed by atoms with Crippen LogP contribution in [0.2, 0.25) is 5.15 Å². The average molecular weight is 297 g/mol. The van der Waals surface area contributed by atoms with Gasteiger partial charge in [-0.1, -0.05) is 11.6 Å². The first-order valence-electron chi connectivity index (χ1n) is 6.55. The highest BCUT2D eigenvalue weighted by Crippen LogP contribution is 2.18. The second-order valence-electron chi connectivity index (χ2n) is 4.80. The van der Waals surface area contributed by atoms with Gasteiger partial charge < -0.3 is 16.4 Å². The number of aromatic nitrogens is 1. The quantitative estimate of drug-likeness (QED) is 0.541. The molecule has 1 aromatic rings. The molecule has 1 aliphatic rings. The molecule has 0 bridgehead atoms. The van der Waals surface area contributed by atoms with Gasteiger partial charge in [0.25, 0.3) is 5.91 Å². The van der Waals surface area contributed by atoms with Crippen LogP contribution in [0.15, 0.2) is 12.1 Å². The molecule has 2 amide bonds. The van der Waals surface area contributed by atoms with E-state index in [1.54, 1.807) is 0 Å². The first-order chi connectivity index (χ1) is 9.54. The average Bonchev–Trinajstić information content (AvgIpc) is 3.17. The zero-order valence-electron chi connectivity index (χ0n) is 11.0. The van der Waals surface area contributed by atoms with Crippen LogP contribution in [0.1, 0.15) is 36.0 Å². The topological polar surface area (TPSA) is 97.1 Å². The summed E-state index contributed by atoms with van der Waals surface area (Å²) in [5, 5.41) is 5.79. The van der Waals surface area contributed by atoms with E-state index in [1.807, 2.05) is 0 Å². The zero-order chi connectivity index (χ0) is 14.5. The number of amides is 2. The van der Waals surface area contributed by atoms with E-state index in [0.29, 0.717) is 31.0 Å². The van der Waals surface area contributed by atoms with Crippen molar-refractivity contribution in [1.29, 1.82) is 0 Å². The van der Waals surface area contributed by atoms with Crippen LogP contribution >= 0.6 is 11.6 Å². The predicted octanol–water partition coefficient (Wildman–Crippen LogP) is 1.11. The Morgan fingerprint density at radius 1 is 1.40 bits per heavy atom. The molecular formula is C13H17ClN4O2. The number of hydrogen-bond donors (Lipinski definition) is 3. The molecule has 1 aromatic heterocycles. The predicted molar refractivity (Wildman–Crippen MR) is 76.4 cm³/mol. The van der Waals surface area contributed by atoms with E-state index in [9.17, 15) is 9.59 Å². The number of nitrogens with two attached hydrogens (primary N) is 1. The number of nitrogens with zero attached hydrogens (tertiary/aromatic N) is 1. The number of nitrogens with one attached hydrogen (secondary N) is 2. The first kappa shape index (κ1) is 14.6. The van der Waals surface area contributed by atoms with E-state index in [2.05, 4.69) is 15.6 Å². The van der Waals surface area contributed by atoms with Gasteiger partial charge in [0.1, 0.15) is 11.0 Å². The number of anilines is 1. The Morgan fingerprint density at radius 2 is 2.15 bits per heavy atom. The molecule has 0 aliphatic heterocycles. The van der Waals surface area contributed by atoms with E-state index in [-0.39, 0.29) is 22.8 Å². The molecule has 1 saturated carbocycles. The maximum atomic E-state index is 11.8. The summed E-state index contributed by atoms with van der Waals surface area (Å²) in [6.07, 6.45) is 3.16. The number of halogens is 1. The third-order valence-corrected chi connectivity index (χ3v) is 3.08. The van der Waals surface area contributed by atoms with Crippen LogP contribution in [0.5, 0.6) is 0 Å². The minimum atomic E-state index is -0.274. The largest absolute Gasteiger partial charge is 0.384 e. The van der Waals surface area contributed by atoms with Crippen LogP contribution < -0.4 is 16.4 Å². The summed E-state index contributed by atoms with van der Waals surface area (Å²) in [4.78, 5) is 27.0. The number of carbonyl (C=O) groups is 2. The molecule has 4 N–H and O–H groups in total. The molecule has 0 aromatic carbocycles. The highest BCUT2D eigenvalue weighted by molar-refractivity contribution is 6.29. The van der Waals surface area contributed by atoms with Gasteiger partial charge in [-0.2, -0.15) is 0 Å². The summed E-state index contributed by atoms with van der Waals surface area (Å²) >= 11 is 5.73. The van der Waals surface area contributed by atoms with Crippen molar-refractivity contribution in [3.05, 3.63) is 22.8 Å². The van der Waals surface area contributed by atoms with Crippen LogP contribution in [0.25, 0.3) is 0 Å². The lowest BCUT2D eigenvalue weighted by Gasteiger charge is -2.06. The number of pyridine rings is 1. The smallest absolute Gasteiger partial charge is 0.251 e. The summed E-state index contributed by atoms with van der Waals surface area (Å²) in [6.45, 7) is 0.427. The molecule has 0 spiro atoms. The van der Waals surface area contributed by atoms with Crippen molar-refractivity contribution in [2.45, 2.75) is 31.7 Å². The van der Waals surface area contributed by atoms with Gasteiger partial charge >= 0.3 is 0 Å². The van der Waals surface area contributed by atoms with E-state index in [4.69, 9.17) is 17.3 Å². The van der Waals surface area contributed by atoms with Crippen molar-refractivity contribution in [1.82, 2.24) is 15.6 Å². The second kappa shape index (κ2) is 6.56. The van der Waals surface area contributed by atoms with Crippen molar-refractivity contribution >= 4 is 29.2 Å². The van der Waals surface area contributed by atoms with Crippen molar-refractivity contribution in [2.75, 3.05) is 12.3 Å². The minimum Gasteiger partial charge on any atom is -0.384 e. The van der Waals surface area contributed by atoms with Crippen molar-refractivity contribution < 1.29 is 9.59 Å². The monoisotopic (exact) mass is 296 g/mol. The Hall–Kier alpha value is -1.82. The number of rotatable bonds is 6. The Balaban J connectivity index is 1.70. The molecule has 6 nitrogen and oxygen atoms in total. The summed E-state index contributed by atoms with van der Waals surface area (Å²) < 4.78 is 0. The van der Waals surface area contributed by atoms with Gasteiger partial charge in [0.05, 0.1) is 0 Å². The molecule has 7 heteroatoms. The van der Waals surface area contributed by atoms with Gasteiger partial charge in [-0.15, -0.1) is 0 Å². The Kier molecular flexibility index (Phi) is 4.79. The lowest BCUT2D eigenvalue weighted by atomic mass is 10.2. The molecule has 0 unspecified atom stereocenters. The summed E-state index contributed by atoms with van der Waals surface area (Å²) in [5.41, 5.74) is 5.88.